The summed E-state index contributed by atoms with van der Waals surface area (Å²) in [5, 5.41) is 3.28. The molecule has 0 saturated heterocycles. The zero-order valence-electron chi connectivity index (χ0n) is 10.6. The fraction of sp³-hybridized carbons (Fsp3) is 0.286. The monoisotopic (exact) mass is 345 g/mol. The van der Waals surface area contributed by atoms with Crippen molar-refractivity contribution >= 4 is 27.3 Å². The number of halogens is 3. The SMILES string of the molecule is CC(NC(C)c1cc(F)ccc1F)c1ccc(Br)s1. The van der Waals surface area contributed by atoms with Crippen LogP contribution in [0, 0.1) is 11.6 Å². The molecule has 0 spiro atoms. The maximum absolute atomic E-state index is 13.7. The van der Waals surface area contributed by atoms with Gasteiger partial charge in [0.05, 0.1) is 3.79 Å². The van der Waals surface area contributed by atoms with Crippen molar-refractivity contribution in [2.24, 2.45) is 0 Å². The summed E-state index contributed by atoms with van der Waals surface area (Å²) in [6, 6.07) is 7.35. The first-order chi connectivity index (χ1) is 8.97. The van der Waals surface area contributed by atoms with Crippen LogP contribution in [0.5, 0.6) is 0 Å². The van der Waals surface area contributed by atoms with Crippen molar-refractivity contribution in [3.8, 4) is 0 Å². The number of rotatable bonds is 4. The highest BCUT2D eigenvalue weighted by molar-refractivity contribution is 9.11. The van der Waals surface area contributed by atoms with E-state index < -0.39 is 5.82 Å². The molecule has 0 amide bonds. The van der Waals surface area contributed by atoms with E-state index in [9.17, 15) is 8.78 Å². The Kier molecular flexibility index (Phi) is 4.71. The van der Waals surface area contributed by atoms with Gasteiger partial charge in [-0.1, -0.05) is 0 Å². The molecule has 102 valence electrons. The number of nitrogens with one attached hydrogen (secondary N) is 1. The minimum absolute atomic E-state index is 0.0777. The second-order valence-electron chi connectivity index (χ2n) is 4.42. The predicted molar refractivity (Wildman–Crippen MR) is 78.3 cm³/mol. The molecule has 0 saturated carbocycles. The second kappa shape index (κ2) is 6.11. The van der Waals surface area contributed by atoms with Crippen molar-refractivity contribution in [2.45, 2.75) is 25.9 Å². The van der Waals surface area contributed by atoms with Crippen LogP contribution < -0.4 is 5.32 Å². The Bertz CT molecular complexity index is 570. The van der Waals surface area contributed by atoms with Gasteiger partial charge in [0.2, 0.25) is 0 Å². The van der Waals surface area contributed by atoms with Crippen LogP contribution >= 0.6 is 27.3 Å². The van der Waals surface area contributed by atoms with Gasteiger partial charge < -0.3 is 5.32 Å². The van der Waals surface area contributed by atoms with Crippen molar-refractivity contribution in [1.82, 2.24) is 5.32 Å². The molecular formula is C14H14BrF2NS. The molecule has 0 aliphatic carbocycles. The van der Waals surface area contributed by atoms with Crippen LogP contribution in [0.4, 0.5) is 8.78 Å². The molecule has 0 aliphatic rings. The van der Waals surface area contributed by atoms with Gasteiger partial charge in [0.25, 0.3) is 0 Å². The predicted octanol–water partition coefficient (Wildman–Crippen LogP) is 5.20. The molecule has 0 bridgehead atoms. The van der Waals surface area contributed by atoms with Gasteiger partial charge in [0, 0.05) is 22.5 Å². The highest BCUT2D eigenvalue weighted by Crippen LogP contribution is 2.29. The molecule has 0 fully saturated rings. The fourth-order valence-corrected chi connectivity index (χ4v) is 3.39. The number of thiophene rings is 1. The Morgan fingerprint density at radius 1 is 1.11 bits per heavy atom. The van der Waals surface area contributed by atoms with E-state index in [4.69, 9.17) is 0 Å². The van der Waals surface area contributed by atoms with Crippen molar-refractivity contribution in [1.29, 1.82) is 0 Å². The maximum Gasteiger partial charge on any atom is 0.128 e. The Hall–Kier alpha value is -0.780. The number of hydrogen-bond acceptors (Lipinski definition) is 2. The Balaban J connectivity index is 2.12. The molecule has 1 heterocycles. The van der Waals surface area contributed by atoms with Crippen LogP contribution in [0.25, 0.3) is 0 Å². The quantitative estimate of drug-likeness (QED) is 0.802. The molecule has 2 aromatic rings. The van der Waals surface area contributed by atoms with E-state index >= 15 is 0 Å². The number of hydrogen-bond donors (Lipinski definition) is 1. The lowest BCUT2D eigenvalue weighted by molar-refractivity contribution is 0.473. The van der Waals surface area contributed by atoms with Crippen LogP contribution in [0.2, 0.25) is 0 Å². The Labute approximate surface area is 123 Å². The molecule has 0 radical (unpaired) electrons. The van der Waals surface area contributed by atoms with E-state index in [0.29, 0.717) is 5.56 Å². The van der Waals surface area contributed by atoms with Gasteiger partial charge in [-0.25, -0.2) is 8.78 Å². The van der Waals surface area contributed by atoms with Crippen LogP contribution in [0.15, 0.2) is 34.1 Å². The highest BCUT2D eigenvalue weighted by atomic mass is 79.9. The maximum atomic E-state index is 13.7. The summed E-state index contributed by atoms with van der Waals surface area (Å²) >= 11 is 5.04. The van der Waals surface area contributed by atoms with Crippen LogP contribution in [0.1, 0.15) is 36.4 Å². The summed E-state index contributed by atoms with van der Waals surface area (Å²) in [4.78, 5) is 1.15. The average Bonchev–Trinajstić information content (AvgIpc) is 2.79. The molecule has 1 aromatic carbocycles. The molecular weight excluding hydrogens is 332 g/mol. The normalized spacial score (nSPS) is 14.4. The molecule has 0 aliphatic heterocycles. The van der Waals surface area contributed by atoms with Gasteiger partial charge in [0.1, 0.15) is 11.6 Å². The van der Waals surface area contributed by atoms with E-state index in [1.165, 1.54) is 6.07 Å². The first-order valence-corrected chi connectivity index (χ1v) is 7.54. The summed E-state index contributed by atoms with van der Waals surface area (Å²) in [6.45, 7) is 3.84. The van der Waals surface area contributed by atoms with Crippen molar-refractivity contribution in [2.75, 3.05) is 0 Å². The van der Waals surface area contributed by atoms with E-state index in [1.54, 1.807) is 11.3 Å². The first kappa shape index (κ1) is 14.6. The lowest BCUT2D eigenvalue weighted by atomic mass is 10.1. The third-order valence-corrected chi connectivity index (χ3v) is 4.75. The summed E-state index contributed by atoms with van der Waals surface area (Å²) in [5.41, 5.74) is 0.350. The van der Waals surface area contributed by atoms with Gasteiger partial charge in [-0.3, -0.25) is 0 Å². The molecule has 5 heteroatoms. The molecule has 19 heavy (non-hydrogen) atoms. The zero-order valence-corrected chi connectivity index (χ0v) is 13.0. The minimum Gasteiger partial charge on any atom is -0.303 e. The molecule has 2 atom stereocenters. The fourth-order valence-electron chi connectivity index (χ4n) is 1.95. The molecule has 2 rings (SSSR count). The molecule has 1 N–H and O–H groups in total. The third-order valence-electron chi connectivity index (χ3n) is 2.95. The first-order valence-electron chi connectivity index (χ1n) is 5.93. The van der Waals surface area contributed by atoms with Crippen molar-refractivity contribution in [3.63, 3.8) is 0 Å². The molecule has 1 aromatic heterocycles. The minimum atomic E-state index is -0.420. The average molecular weight is 346 g/mol. The van der Waals surface area contributed by atoms with Crippen molar-refractivity contribution in [3.05, 3.63) is 56.2 Å². The standard InChI is InChI=1S/C14H14BrF2NS/c1-8(11-7-10(16)3-4-12(11)17)18-9(2)13-5-6-14(15)19-13/h3-9,18H,1-2H3. The smallest absolute Gasteiger partial charge is 0.128 e. The summed E-state index contributed by atoms with van der Waals surface area (Å²) in [7, 11) is 0. The number of benzene rings is 1. The lowest BCUT2D eigenvalue weighted by Gasteiger charge is -2.20. The third kappa shape index (κ3) is 3.61. The van der Waals surface area contributed by atoms with Gasteiger partial charge in [-0.15, -0.1) is 11.3 Å². The molecule has 2 unspecified atom stereocenters. The van der Waals surface area contributed by atoms with Crippen LogP contribution in [-0.2, 0) is 0 Å². The zero-order chi connectivity index (χ0) is 14.0. The van der Waals surface area contributed by atoms with E-state index in [1.807, 2.05) is 26.0 Å². The largest absolute Gasteiger partial charge is 0.303 e. The van der Waals surface area contributed by atoms with E-state index in [2.05, 4.69) is 21.2 Å². The summed E-state index contributed by atoms with van der Waals surface area (Å²) < 4.78 is 27.9. The Morgan fingerprint density at radius 3 is 2.47 bits per heavy atom. The van der Waals surface area contributed by atoms with Gasteiger partial charge in [-0.05, 0) is 60.1 Å². The van der Waals surface area contributed by atoms with Gasteiger partial charge >= 0.3 is 0 Å². The van der Waals surface area contributed by atoms with Crippen molar-refractivity contribution < 1.29 is 8.78 Å². The Morgan fingerprint density at radius 2 is 1.84 bits per heavy atom. The molecule has 1 nitrogen and oxygen atoms in total. The van der Waals surface area contributed by atoms with Crippen LogP contribution in [-0.4, -0.2) is 0 Å². The van der Waals surface area contributed by atoms with E-state index in [0.717, 1.165) is 20.8 Å². The second-order valence-corrected chi connectivity index (χ2v) is 6.91. The summed E-state index contributed by atoms with van der Waals surface area (Å²) in [6.07, 6.45) is 0. The topological polar surface area (TPSA) is 12.0 Å². The van der Waals surface area contributed by atoms with E-state index in [-0.39, 0.29) is 17.9 Å². The van der Waals surface area contributed by atoms with Gasteiger partial charge in [0.15, 0.2) is 0 Å². The summed E-state index contributed by atoms with van der Waals surface area (Å²) in [5.74, 6) is -0.808. The van der Waals surface area contributed by atoms with Gasteiger partial charge in [-0.2, -0.15) is 0 Å². The lowest BCUT2D eigenvalue weighted by Crippen LogP contribution is -2.22. The van der Waals surface area contributed by atoms with Crippen LogP contribution in [0.3, 0.4) is 0 Å². The highest BCUT2D eigenvalue weighted by Gasteiger charge is 2.16.